The van der Waals surface area contributed by atoms with Gasteiger partial charge in [-0.2, -0.15) is 0 Å². The molecule has 0 spiro atoms. The van der Waals surface area contributed by atoms with Crippen molar-refractivity contribution in [1.82, 2.24) is 10.2 Å². The fourth-order valence-corrected chi connectivity index (χ4v) is 3.19. The summed E-state index contributed by atoms with van der Waals surface area (Å²) in [5, 5.41) is 2.96. The van der Waals surface area contributed by atoms with Crippen LogP contribution in [0.15, 0.2) is 12.2 Å². The summed E-state index contributed by atoms with van der Waals surface area (Å²) >= 11 is 0. The van der Waals surface area contributed by atoms with Crippen LogP contribution in [0.1, 0.15) is 32.1 Å². The van der Waals surface area contributed by atoms with Gasteiger partial charge in [-0.25, -0.2) is 0 Å². The molecule has 20 heavy (non-hydrogen) atoms. The van der Waals surface area contributed by atoms with Gasteiger partial charge >= 0.3 is 0 Å². The molecule has 2 rings (SSSR count). The summed E-state index contributed by atoms with van der Waals surface area (Å²) < 4.78 is 4.95. The van der Waals surface area contributed by atoms with Crippen LogP contribution in [0.3, 0.4) is 0 Å². The first-order valence-corrected chi connectivity index (χ1v) is 7.93. The van der Waals surface area contributed by atoms with E-state index in [2.05, 4.69) is 22.4 Å². The second-order valence-electron chi connectivity index (χ2n) is 6.01. The topological polar surface area (TPSA) is 41.6 Å². The van der Waals surface area contributed by atoms with Crippen molar-refractivity contribution in [2.75, 3.05) is 39.9 Å². The molecule has 0 aromatic carbocycles. The number of allylic oxidation sites excluding steroid dienone is 2. The van der Waals surface area contributed by atoms with Crippen molar-refractivity contribution >= 4 is 5.91 Å². The molecule has 1 amide bonds. The van der Waals surface area contributed by atoms with E-state index in [1.165, 1.54) is 25.8 Å². The molecule has 1 aliphatic carbocycles. The Morgan fingerprint density at radius 2 is 2.10 bits per heavy atom. The molecule has 0 bridgehead atoms. The minimum absolute atomic E-state index is 0.203. The van der Waals surface area contributed by atoms with Crippen molar-refractivity contribution in [3.05, 3.63) is 12.2 Å². The lowest BCUT2D eigenvalue weighted by atomic mass is 9.91. The lowest BCUT2D eigenvalue weighted by Crippen LogP contribution is -2.42. The summed E-state index contributed by atoms with van der Waals surface area (Å²) in [4.78, 5) is 14.5. The summed E-state index contributed by atoms with van der Waals surface area (Å²) in [6, 6.07) is 0. The summed E-state index contributed by atoms with van der Waals surface area (Å²) in [6.07, 6.45) is 10.4. The number of carbonyl (C=O) groups is 1. The maximum Gasteiger partial charge on any atom is 0.223 e. The van der Waals surface area contributed by atoms with Gasteiger partial charge in [0.2, 0.25) is 5.91 Å². The first-order chi connectivity index (χ1) is 9.79. The Labute approximate surface area is 122 Å². The van der Waals surface area contributed by atoms with Gasteiger partial charge in [-0.05, 0) is 51.1 Å². The molecular formula is C16H28N2O2. The van der Waals surface area contributed by atoms with Gasteiger partial charge in [0.05, 0.1) is 6.61 Å². The van der Waals surface area contributed by atoms with Gasteiger partial charge in [-0.15, -0.1) is 0 Å². The zero-order valence-electron chi connectivity index (χ0n) is 12.6. The number of hydrogen-bond acceptors (Lipinski definition) is 3. The molecule has 0 aromatic heterocycles. The van der Waals surface area contributed by atoms with E-state index in [0.29, 0.717) is 13.2 Å². The summed E-state index contributed by atoms with van der Waals surface area (Å²) in [5.74, 6) is 1.24. The average Bonchev–Trinajstić information content (AvgIpc) is 2.49. The first-order valence-electron chi connectivity index (χ1n) is 7.93. The minimum Gasteiger partial charge on any atom is -0.383 e. The number of nitrogens with zero attached hydrogens (tertiary/aromatic N) is 1. The first kappa shape index (κ1) is 15.5. The SMILES string of the molecule is COCCNC(=O)C1CCN(CC2CC=CCC2)CC1. The molecule has 1 atom stereocenters. The second kappa shape index (κ2) is 8.42. The summed E-state index contributed by atoms with van der Waals surface area (Å²) in [7, 11) is 1.66. The van der Waals surface area contributed by atoms with Crippen LogP contribution in [-0.4, -0.2) is 50.7 Å². The van der Waals surface area contributed by atoms with Crippen LogP contribution in [0.25, 0.3) is 0 Å². The Bertz CT molecular complexity index is 322. The molecule has 4 heteroatoms. The highest BCUT2D eigenvalue weighted by Crippen LogP contribution is 2.23. The second-order valence-corrected chi connectivity index (χ2v) is 6.01. The largest absolute Gasteiger partial charge is 0.383 e. The number of nitrogens with one attached hydrogen (secondary N) is 1. The standard InChI is InChI=1S/C16H28N2O2/c1-20-12-9-17-16(19)15-7-10-18(11-8-15)13-14-5-3-2-4-6-14/h2-3,14-15H,4-13H2,1H3,(H,17,19). The Morgan fingerprint density at radius 3 is 2.75 bits per heavy atom. The van der Waals surface area contributed by atoms with E-state index in [1.807, 2.05) is 0 Å². The van der Waals surface area contributed by atoms with Crippen molar-refractivity contribution in [2.45, 2.75) is 32.1 Å². The van der Waals surface area contributed by atoms with Crippen molar-refractivity contribution in [2.24, 2.45) is 11.8 Å². The predicted octanol–water partition coefficient (Wildman–Crippen LogP) is 1.82. The number of methoxy groups -OCH3 is 1. The van der Waals surface area contributed by atoms with E-state index in [-0.39, 0.29) is 11.8 Å². The Morgan fingerprint density at radius 1 is 1.30 bits per heavy atom. The highest BCUT2D eigenvalue weighted by Gasteiger charge is 2.25. The average molecular weight is 280 g/mol. The van der Waals surface area contributed by atoms with Crippen LogP contribution >= 0.6 is 0 Å². The molecule has 0 aromatic rings. The van der Waals surface area contributed by atoms with Crippen LogP contribution < -0.4 is 5.32 Å². The number of hydrogen-bond donors (Lipinski definition) is 1. The number of ether oxygens (including phenoxy) is 1. The lowest BCUT2D eigenvalue weighted by Gasteiger charge is -2.34. The van der Waals surface area contributed by atoms with Crippen molar-refractivity contribution < 1.29 is 9.53 Å². The van der Waals surface area contributed by atoms with Crippen LogP contribution in [0.5, 0.6) is 0 Å². The number of amides is 1. The smallest absolute Gasteiger partial charge is 0.223 e. The molecular weight excluding hydrogens is 252 g/mol. The number of rotatable bonds is 6. The van der Waals surface area contributed by atoms with Crippen molar-refractivity contribution in [3.8, 4) is 0 Å². The lowest BCUT2D eigenvalue weighted by molar-refractivity contribution is -0.126. The van der Waals surface area contributed by atoms with Gasteiger partial charge in [0.1, 0.15) is 0 Å². The number of likely N-dealkylation sites (tertiary alicyclic amines) is 1. The van der Waals surface area contributed by atoms with E-state index in [1.54, 1.807) is 7.11 Å². The molecule has 0 saturated carbocycles. The van der Waals surface area contributed by atoms with E-state index in [9.17, 15) is 4.79 Å². The molecule has 1 saturated heterocycles. The van der Waals surface area contributed by atoms with Gasteiger partial charge in [0.15, 0.2) is 0 Å². The molecule has 4 nitrogen and oxygen atoms in total. The number of carbonyl (C=O) groups excluding carboxylic acids is 1. The van der Waals surface area contributed by atoms with Gasteiger partial charge < -0.3 is 15.0 Å². The van der Waals surface area contributed by atoms with Gasteiger partial charge in [0, 0.05) is 26.1 Å². The maximum absolute atomic E-state index is 12.0. The van der Waals surface area contributed by atoms with E-state index in [4.69, 9.17) is 4.74 Å². The van der Waals surface area contributed by atoms with Gasteiger partial charge in [-0.3, -0.25) is 4.79 Å². The van der Waals surface area contributed by atoms with E-state index >= 15 is 0 Å². The normalized spacial score (nSPS) is 24.8. The Balaban J connectivity index is 1.64. The fourth-order valence-electron chi connectivity index (χ4n) is 3.19. The molecule has 114 valence electrons. The molecule has 1 aliphatic heterocycles. The quantitative estimate of drug-likeness (QED) is 0.596. The maximum atomic E-state index is 12.0. The van der Waals surface area contributed by atoms with E-state index < -0.39 is 0 Å². The Hall–Kier alpha value is -0.870. The molecule has 2 aliphatic rings. The molecule has 1 unspecified atom stereocenters. The fraction of sp³-hybridized carbons (Fsp3) is 0.812. The zero-order valence-corrected chi connectivity index (χ0v) is 12.6. The van der Waals surface area contributed by atoms with Crippen LogP contribution in [0, 0.1) is 11.8 Å². The monoisotopic (exact) mass is 280 g/mol. The minimum atomic E-state index is 0.203. The predicted molar refractivity (Wildman–Crippen MR) is 80.5 cm³/mol. The van der Waals surface area contributed by atoms with Crippen molar-refractivity contribution in [3.63, 3.8) is 0 Å². The zero-order chi connectivity index (χ0) is 14.2. The van der Waals surface area contributed by atoms with Gasteiger partial charge in [-0.1, -0.05) is 12.2 Å². The molecule has 1 N–H and O–H groups in total. The summed E-state index contributed by atoms with van der Waals surface area (Å²) in [5.41, 5.74) is 0. The third kappa shape index (κ3) is 4.91. The van der Waals surface area contributed by atoms with Crippen molar-refractivity contribution in [1.29, 1.82) is 0 Å². The van der Waals surface area contributed by atoms with E-state index in [0.717, 1.165) is 31.8 Å². The highest BCUT2D eigenvalue weighted by molar-refractivity contribution is 5.78. The molecule has 1 heterocycles. The highest BCUT2D eigenvalue weighted by atomic mass is 16.5. The Kier molecular flexibility index (Phi) is 6.54. The number of piperidine rings is 1. The van der Waals surface area contributed by atoms with Crippen LogP contribution in [0.4, 0.5) is 0 Å². The van der Waals surface area contributed by atoms with Crippen LogP contribution in [0.2, 0.25) is 0 Å². The third-order valence-electron chi connectivity index (χ3n) is 4.46. The van der Waals surface area contributed by atoms with Crippen LogP contribution in [-0.2, 0) is 9.53 Å². The third-order valence-corrected chi connectivity index (χ3v) is 4.46. The van der Waals surface area contributed by atoms with Gasteiger partial charge in [0.25, 0.3) is 0 Å². The summed E-state index contributed by atoms with van der Waals surface area (Å²) in [6.45, 7) is 4.58. The molecule has 1 fully saturated rings. The molecule has 0 radical (unpaired) electrons.